The lowest BCUT2D eigenvalue weighted by Gasteiger charge is -2.11. The quantitative estimate of drug-likeness (QED) is 0.862. The maximum atomic E-state index is 12.3. The van der Waals surface area contributed by atoms with Gasteiger partial charge in [-0.15, -0.1) is 11.3 Å². The van der Waals surface area contributed by atoms with Crippen LogP contribution in [-0.2, 0) is 6.18 Å². The standard InChI is InChI=1S/C10H15F3N2OS/c1-6(2)3-14-4-7(16)8-5-15-9(17-8)10(11,12)13/h5-7,14,16H,3-4H2,1-2H3. The van der Waals surface area contributed by atoms with Gasteiger partial charge in [-0.25, -0.2) is 4.98 Å². The highest BCUT2D eigenvalue weighted by molar-refractivity contribution is 7.11. The Bertz CT molecular complexity index is 352. The molecule has 0 saturated heterocycles. The summed E-state index contributed by atoms with van der Waals surface area (Å²) in [5.41, 5.74) is 0. The summed E-state index contributed by atoms with van der Waals surface area (Å²) in [7, 11) is 0. The van der Waals surface area contributed by atoms with Crippen molar-refractivity contribution < 1.29 is 18.3 Å². The third-order valence-electron chi connectivity index (χ3n) is 1.98. The average Bonchev–Trinajstić information content (AvgIpc) is 2.64. The molecule has 1 atom stereocenters. The van der Waals surface area contributed by atoms with Crippen LogP contribution in [0.1, 0.15) is 29.8 Å². The van der Waals surface area contributed by atoms with E-state index >= 15 is 0 Å². The van der Waals surface area contributed by atoms with Crippen molar-refractivity contribution in [2.24, 2.45) is 5.92 Å². The molecule has 1 aromatic rings. The van der Waals surface area contributed by atoms with Crippen molar-refractivity contribution in [3.8, 4) is 0 Å². The molecule has 98 valence electrons. The smallest absolute Gasteiger partial charge is 0.386 e. The van der Waals surface area contributed by atoms with Gasteiger partial charge in [0.15, 0.2) is 5.01 Å². The van der Waals surface area contributed by atoms with Crippen molar-refractivity contribution in [1.82, 2.24) is 10.3 Å². The van der Waals surface area contributed by atoms with Crippen molar-refractivity contribution in [3.05, 3.63) is 16.1 Å². The Kier molecular flexibility index (Phi) is 4.91. The molecule has 0 fully saturated rings. The highest BCUT2D eigenvalue weighted by Crippen LogP contribution is 2.34. The summed E-state index contributed by atoms with van der Waals surface area (Å²) in [6, 6.07) is 0. The van der Waals surface area contributed by atoms with E-state index in [1.54, 1.807) is 0 Å². The molecular weight excluding hydrogens is 253 g/mol. The molecule has 0 bridgehead atoms. The molecule has 7 heteroatoms. The number of aromatic nitrogens is 1. The first-order chi connectivity index (χ1) is 7.80. The Morgan fingerprint density at radius 2 is 2.06 bits per heavy atom. The zero-order valence-corrected chi connectivity index (χ0v) is 10.4. The van der Waals surface area contributed by atoms with Gasteiger partial charge in [0, 0.05) is 12.7 Å². The van der Waals surface area contributed by atoms with E-state index in [0.29, 0.717) is 23.8 Å². The third kappa shape index (κ3) is 4.61. The first-order valence-corrected chi connectivity index (χ1v) is 6.04. The number of rotatable bonds is 5. The van der Waals surface area contributed by atoms with Crippen LogP contribution in [0.5, 0.6) is 0 Å². The molecule has 0 amide bonds. The van der Waals surface area contributed by atoms with Gasteiger partial charge in [-0.3, -0.25) is 0 Å². The first-order valence-electron chi connectivity index (χ1n) is 5.22. The molecular formula is C10H15F3N2OS. The lowest BCUT2D eigenvalue weighted by atomic mass is 10.2. The van der Waals surface area contributed by atoms with Crippen molar-refractivity contribution in [1.29, 1.82) is 0 Å². The minimum Gasteiger partial charge on any atom is -0.386 e. The molecule has 1 unspecified atom stereocenters. The lowest BCUT2D eigenvalue weighted by molar-refractivity contribution is -0.137. The number of thiazole rings is 1. The van der Waals surface area contributed by atoms with Gasteiger partial charge in [-0.2, -0.15) is 13.2 Å². The van der Waals surface area contributed by atoms with Gasteiger partial charge < -0.3 is 10.4 Å². The van der Waals surface area contributed by atoms with Crippen LogP contribution >= 0.6 is 11.3 Å². The van der Waals surface area contributed by atoms with Gasteiger partial charge in [-0.05, 0) is 12.5 Å². The molecule has 0 aliphatic heterocycles. The molecule has 0 saturated carbocycles. The Labute approximate surface area is 102 Å². The summed E-state index contributed by atoms with van der Waals surface area (Å²) < 4.78 is 36.8. The van der Waals surface area contributed by atoms with Crippen LogP contribution in [0.25, 0.3) is 0 Å². The van der Waals surface area contributed by atoms with Gasteiger partial charge in [0.1, 0.15) is 6.10 Å². The zero-order valence-electron chi connectivity index (χ0n) is 9.58. The summed E-state index contributed by atoms with van der Waals surface area (Å²) in [6.07, 6.45) is -4.30. The van der Waals surface area contributed by atoms with Crippen molar-refractivity contribution >= 4 is 11.3 Å². The van der Waals surface area contributed by atoms with E-state index in [-0.39, 0.29) is 11.4 Å². The number of aliphatic hydroxyl groups is 1. The second-order valence-corrected chi connectivity index (χ2v) is 5.20. The molecule has 3 nitrogen and oxygen atoms in total. The molecule has 2 N–H and O–H groups in total. The molecule has 1 heterocycles. The fraction of sp³-hybridized carbons (Fsp3) is 0.700. The number of nitrogens with zero attached hydrogens (tertiary/aromatic N) is 1. The molecule has 0 radical (unpaired) electrons. The predicted molar refractivity (Wildman–Crippen MR) is 59.8 cm³/mol. The average molecular weight is 268 g/mol. The molecule has 1 aromatic heterocycles. The van der Waals surface area contributed by atoms with Crippen molar-refractivity contribution in [2.45, 2.75) is 26.1 Å². The number of halogens is 3. The molecule has 1 rings (SSSR count). The largest absolute Gasteiger partial charge is 0.443 e. The minimum atomic E-state index is -4.44. The van der Waals surface area contributed by atoms with Crippen LogP contribution in [0.15, 0.2) is 6.20 Å². The summed E-state index contributed by atoms with van der Waals surface area (Å²) in [5.74, 6) is 0.425. The van der Waals surface area contributed by atoms with Crippen LogP contribution in [0.2, 0.25) is 0 Å². The Morgan fingerprint density at radius 3 is 2.53 bits per heavy atom. The number of alkyl halides is 3. The van der Waals surface area contributed by atoms with Gasteiger partial charge in [0.25, 0.3) is 0 Å². The zero-order chi connectivity index (χ0) is 13.1. The number of aliphatic hydroxyl groups excluding tert-OH is 1. The second-order valence-electron chi connectivity index (χ2n) is 4.13. The maximum Gasteiger partial charge on any atom is 0.443 e. The van der Waals surface area contributed by atoms with E-state index in [0.717, 1.165) is 6.20 Å². The maximum absolute atomic E-state index is 12.3. The van der Waals surface area contributed by atoms with Crippen LogP contribution < -0.4 is 5.32 Å². The molecule has 0 aliphatic rings. The van der Waals surface area contributed by atoms with E-state index in [9.17, 15) is 18.3 Å². The second kappa shape index (κ2) is 5.79. The minimum absolute atomic E-state index is 0.230. The van der Waals surface area contributed by atoms with Crippen molar-refractivity contribution in [3.63, 3.8) is 0 Å². The Balaban J connectivity index is 2.52. The molecule has 0 aromatic carbocycles. The highest BCUT2D eigenvalue weighted by Gasteiger charge is 2.35. The topological polar surface area (TPSA) is 45.1 Å². The fourth-order valence-electron chi connectivity index (χ4n) is 1.18. The van der Waals surface area contributed by atoms with Crippen LogP contribution in [0, 0.1) is 5.92 Å². The van der Waals surface area contributed by atoms with Gasteiger partial charge in [0.05, 0.1) is 4.88 Å². The van der Waals surface area contributed by atoms with Crippen molar-refractivity contribution in [2.75, 3.05) is 13.1 Å². The molecule has 0 spiro atoms. The fourth-order valence-corrected chi connectivity index (χ4v) is 1.95. The van der Waals surface area contributed by atoms with Gasteiger partial charge >= 0.3 is 6.18 Å². The number of nitrogens with one attached hydrogen (secondary N) is 1. The summed E-state index contributed by atoms with van der Waals surface area (Å²) in [5, 5.41) is 11.7. The first kappa shape index (κ1) is 14.4. The molecule has 17 heavy (non-hydrogen) atoms. The van der Waals surface area contributed by atoms with Gasteiger partial charge in [-0.1, -0.05) is 13.8 Å². The van der Waals surface area contributed by atoms with E-state index in [4.69, 9.17) is 0 Å². The summed E-state index contributed by atoms with van der Waals surface area (Å²) in [6.45, 7) is 4.96. The van der Waals surface area contributed by atoms with Crippen LogP contribution in [0.4, 0.5) is 13.2 Å². The normalized spacial score (nSPS) is 14.3. The predicted octanol–water partition coefficient (Wildman–Crippen LogP) is 2.44. The summed E-state index contributed by atoms with van der Waals surface area (Å²) in [4.78, 5) is 3.49. The Hall–Kier alpha value is -0.660. The number of hydrogen-bond acceptors (Lipinski definition) is 4. The van der Waals surface area contributed by atoms with E-state index in [2.05, 4.69) is 10.3 Å². The van der Waals surface area contributed by atoms with Crippen LogP contribution in [-0.4, -0.2) is 23.2 Å². The van der Waals surface area contributed by atoms with E-state index < -0.39 is 17.3 Å². The van der Waals surface area contributed by atoms with Gasteiger partial charge in [0.2, 0.25) is 0 Å². The van der Waals surface area contributed by atoms with E-state index in [1.807, 2.05) is 13.8 Å². The Morgan fingerprint density at radius 1 is 1.41 bits per heavy atom. The van der Waals surface area contributed by atoms with Crippen LogP contribution in [0.3, 0.4) is 0 Å². The number of hydrogen-bond donors (Lipinski definition) is 2. The summed E-state index contributed by atoms with van der Waals surface area (Å²) >= 11 is 0.481. The SMILES string of the molecule is CC(C)CNCC(O)c1cnc(C(F)(F)F)s1. The highest BCUT2D eigenvalue weighted by atomic mass is 32.1. The third-order valence-corrected chi connectivity index (χ3v) is 3.13. The molecule has 0 aliphatic carbocycles. The van der Waals surface area contributed by atoms with E-state index in [1.165, 1.54) is 0 Å². The monoisotopic (exact) mass is 268 g/mol. The lowest BCUT2D eigenvalue weighted by Crippen LogP contribution is -2.24.